The Hall–Kier alpha value is -1.11. The van der Waals surface area contributed by atoms with Crippen molar-refractivity contribution in [1.29, 1.82) is 0 Å². The number of benzene rings is 1. The van der Waals surface area contributed by atoms with Crippen molar-refractivity contribution in [3.05, 3.63) is 24.3 Å². The molecule has 0 atom stereocenters. The van der Waals surface area contributed by atoms with Crippen molar-refractivity contribution in [3.63, 3.8) is 0 Å². The van der Waals surface area contributed by atoms with Gasteiger partial charge in [0.15, 0.2) is 0 Å². The Kier molecular flexibility index (Phi) is 5.58. The highest BCUT2D eigenvalue weighted by molar-refractivity contribution is 7.89. The zero-order valence-corrected chi connectivity index (χ0v) is 11.5. The van der Waals surface area contributed by atoms with E-state index < -0.39 is 10.0 Å². The van der Waals surface area contributed by atoms with Crippen LogP contribution in [0.3, 0.4) is 0 Å². The van der Waals surface area contributed by atoms with Crippen molar-refractivity contribution in [2.24, 2.45) is 11.1 Å². The second-order valence-corrected chi connectivity index (χ2v) is 6.03. The highest BCUT2D eigenvalue weighted by Gasteiger charge is 2.06. The number of primary sulfonamides is 1. The first-order valence-corrected chi connectivity index (χ1v) is 7.38. The molecule has 102 valence electrons. The molecule has 0 saturated carbocycles. The number of anilines is 1. The molecule has 18 heavy (non-hydrogen) atoms. The summed E-state index contributed by atoms with van der Waals surface area (Å²) in [4.78, 5) is 0.115. The second kappa shape index (κ2) is 6.72. The van der Waals surface area contributed by atoms with Crippen LogP contribution in [-0.4, -0.2) is 28.2 Å². The minimum atomic E-state index is -3.61. The largest absolute Gasteiger partial charge is 0.383 e. The first kappa shape index (κ1) is 14.9. The van der Waals surface area contributed by atoms with Crippen LogP contribution in [0.4, 0.5) is 5.69 Å². The van der Waals surface area contributed by atoms with Gasteiger partial charge in [-0.3, -0.25) is 0 Å². The Morgan fingerprint density at radius 1 is 1.28 bits per heavy atom. The maximum absolute atomic E-state index is 11.0. The molecule has 1 aromatic rings. The number of nitrogens with one attached hydrogen (secondary N) is 1. The summed E-state index contributed by atoms with van der Waals surface area (Å²) in [6, 6.07) is 6.32. The summed E-state index contributed by atoms with van der Waals surface area (Å²) in [5.41, 5.74) is 0.843. The van der Waals surface area contributed by atoms with E-state index in [1.54, 1.807) is 12.1 Å². The molecule has 1 rings (SSSR count). The molecule has 0 amide bonds. The number of ether oxygens (including phenoxy) is 1. The zero-order chi connectivity index (χ0) is 13.6. The fourth-order valence-electron chi connectivity index (χ4n) is 1.35. The fourth-order valence-corrected chi connectivity index (χ4v) is 1.86. The molecule has 0 spiro atoms. The van der Waals surface area contributed by atoms with Crippen molar-refractivity contribution >= 4 is 15.7 Å². The summed E-state index contributed by atoms with van der Waals surface area (Å²) < 4.78 is 27.5. The molecule has 3 N–H and O–H groups in total. The quantitative estimate of drug-likeness (QED) is 0.735. The summed E-state index contributed by atoms with van der Waals surface area (Å²) in [5.74, 6) is 0.527. The van der Waals surface area contributed by atoms with Crippen LogP contribution in [0.2, 0.25) is 0 Å². The molecule has 0 aliphatic carbocycles. The van der Waals surface area contributed by atoms with Crippen LogP contribution in [0.1, 0.15) is 13.8 Å². The van der Waals surface area contributed by atoms with Crippen molar-refractivity contribution < 1.29 is 13.2 Å². The average Bonchev–Trinajstić information content (AvgIpc) is 2.27. The van der Waals surface area contributed by atoms with E-state index in [0.717, 1.165) is 12.3 Å². The second-order valence-electron chi connectivity index (χ2n) is 4.46. The molecule has 0 aromatic heterocycles. The van der Waals surface area contributed by atoms with Gasteiger partial charge in [0.05, 0.1) is 11.5 Å². The van der Waals surface area contributed by atoms with Gasteiger partial charge in [-0.1, -0.05) is 13.8 Å². The first-order valence-electron chi connectivity index (χ1n) is 5.84. The molecular formula is C12H20N2O3S. The smallest absolute Gasteiger partial charge is 0.238 e. The van der Waals surface area contributed by atoms with E-state index in [9.17, 15) is 8.42 Å². The molecule has 0 heterocycles. The third-order valence-corrected chi connectivity index (χ3v) is 3.14. The van der Waals surface area contributed by atoms with Crippen LogP contribution >= 0.6 is 0 Å². The van der Waals surface area contributed by atoms with Crippen LogP contribution in [0.25, 0.3) is 0 Å². The maximum Gasteiger partial charge on any atom is 0.238 e. The lowest BCUT2D eigenvalue weighted by molar-refractivity contribution is 0.118. The van der Waals surface area contributed by atoms with Crippen molar-refractivity contribution in [3.8, 4) is 0 Å². The third kappa shape index (κ3) is 5.48. The lowest BCUT2D eigenvalue weighted by Gasteiger charge is -2.09. The Labute approximate surface area is 108 Å². The molecule has 5 nitrogen and oxygen atoms in total. The van der Waals surface area contributed by atoms with Crippen molar-refractivity contribution in [2.45, 2.75) is 18.7 Å². The monoisotopic (exact) mass is 272 g/mol. The average molecular weight is 272 g/mol. The number of hydrogen-bond acceptors (Lipinski definition) is 4. The van der Waals surface area contributed by atoms with Gasteiger partial charge in [-0.05, 0) is 30.2 Å². The summed E-state index contributed by atoms with van der Waals surface area (Å²) in [5, 5.41) is 8.14. The molecule has 0 saturated heterocycles. The predicted octanol–water partition coefficient (Wildman–Crippen LogP) is 1.42. The Balaban J connectivity index is 2.36. The van der Waals surface area contributed by atoms with Crippen LogP contribution in [0, 0.1) is 5.92 Å². The molecule has 0 radical (unpaired) electrons. The highest BCUT2D eigenvalue weighted by atomic mass is 32.2. The van der Waals surface area contributed by atoms with E-state index in [0.29, 0.717) is 19.1 Å². The van der Waals surface area contributed by atoms with Gasteiger partial charge in [0, 0.05) is 18.8 Å². The Morgan fingerprint density at radius 2 is 1.89 bits per heavy atom. The predicted molar refractivity (Wildman–Crippen MR) is 72.0 cm³/mol. The van der Waals surface area contributed by atoms with Crippen molar-refractivity contribution in [2.75, 3.05) is 25.1 Å². The van der Waals surface area contributed by atoms with Gasteiger partial charge < -0.3 is 10.1 Å². The SMILES string of the molecule is CC(C)COCCNc1ccc(S(N)(=O)=O)cc1. The molecule has 0 aliphatic heterocycles. The van der Waals surface area contributed by atoms with Crippen molar-refractivity contribution in [1.82, 2.24) is 0 Å². The maximum atomic E-state index is 11.0. The number of hydrogen-bond donors (Lipinski definition) is 2. The minimum absolute atomic E-state index is 0.115. The molecule has 1 aromatic carbocycles. The molecule has 0 fully saturated rings. The summed E-state index contributed by atoms with van der Waals surface area (Å²) in [6.45, 7) is 6.24. The summed E-state index contributed by atoms with van der Waals surface area (Å²) in [7, 11) is -3.61. The van der Waals surface area contributed by atoms with E-state index in [2.05, 4.69) is 19.2 Å². The van der Waals surface area contributed by atoms with Gasteiger partial charge >= 0.3 is 0 Å². The van der Waals surface area contributed by atoms with Gasteiger partial charge in [0.25, 0.3) is 0 Å². The van der Waals surface area contributed by atoms with E-state index in [-0.39, 0.29) is 4.90 Å². The molecule has 0 unspecified atom stereocenters. The lowest BCUT2D eigenvalue weighted by atomic mass is 10.2. The summed E-state index contributed by atoms with van der Waals surface area (Å²) in [6.07, 6.45) is 0. The molecular weight excluding hydrogens is 252 g/mol. The molecule has 0 aliphatic rings. The minimum Gasteiger partial charge on any atom is -0.383 e. The first-order chi connectivity index (χ1) is 8.39. The molecule has 6 heteroatoms. The topological polar surface area (TPSA) is 81.4 Å². The van der Waals surface area contributed by atoms with E-state index >= 15 is 0 Å². The summed E-state index contributed by atoms with van der Waals surface area (Å²) >= 11 is 0. The van der Waals surface area contributed by atoms with Gasteiger partial charge in [-0.25, -0.2) is 13.6 Å². The number of rotatable bonds is 7. The number of nitrogens with two attached hydrogens (primary N) is 1. The van der Waals surface area contributed by atoms with Crippen LogP contribution in [0.15, 0.2) is 29.2 Å². The standard InChI is InChI=1S/C12H20N2O3S/c1-10(2)9-17-8-7-14-11-3-5-12(6-4-11)18(13,15)16/h3-6,10,14H,7-9H2,1-2H3,(H2,13,15,16). The van der Waals surface area contributed by atoms with Gasteiger partial charge in [-0.15, -0.1) is 0 Å². The Morgan fingerprint density at radius 3 is 2.39 bits per heavy atom. The fraction of sp³-hybridized carbons (Fsp3) is 0.500. The van der Waals surface area contributed by atoms with E-state index in [1.807, 2.05) is 0 Å². The van der Waals surface area contributed by atoms with Crippen LogP contribution in [0.5, 0.6) is 0 Å². The Bertz CT molecular complexity index is 455. The normalized spacial score (nSPS) is 11.8. The zero-order valence-electron chi connectivity index (χ0n) is 10.7. The van der Waals surface area contributed by atoms with E-state index in [4.69, 9.17) is 9.88 Å². The van der Waals surface area contributed by atoms with Gasteiger partial charge in [0.2, 0.25) is 10.0 Å². The van der Waals surface area contributed by atoms with Crippen LogP contribution in [-0.2, 0) is 14.8 Å². The lowest BCUT2D eigenvalue weighted by Crippen LogP contribution is -2.13. The van der Waals surface area contributed by atoms with Gasteiger partial charge in [0.1, 0.15) is 0 Å². The highest BCUT2D eigenvalue weighted by Crippen LogP contribution is 2.12. The third-order valence-electron chi connectivity index (χ3n) is 2.21. The van der Waals surface area contributed by atoms with E-state index in [1.165, 1.54) is 12.1 Å². The van der Waals surface area contributed by atoms with Crippen LogP contribution < -0.4 is 10.5 Å². The molecule has 0 bridgehead atoms. The number of sulfonamides is 1. The van der Waals surface area contributed by atoms with Gasteiger partial charge in [-0.2, -0.15) is 0 Å².